The van der Waals surface area contributed by atoms with Gasteiger partial charge in [-0.05, 0) is 30.5 Å². The number of rotatable bonds is 6. The lowest BCUT2D eigenvalue weighted by Gasteiger charge is -2.15. The van der Waals surface area contributed by atoms with Gasteiger partial charge in [-0.3, -0.25) is 9.59 Å². The summed E-state index contributed by atoms with van der Waals surface area (Å²) in [5.74, 6) is 5.51. The quantitative estimate of drug-likeness (QED) is 0.334. The van der Waals surface area contributed by atoms with Crippen LogP contribution >= 0.6 is 11.3 Å². The molecule has 7 nitrogen and oxygen atoms in total. The Morgan fingerprint density at radius 3 is 2.96 bits per heavy atom. The predicted molar refractivity (Wildman–Crippen MR) is 108 cm³/mol. The lowest BCUT2D eigenvalue weighted by atomic mass is 10.0. The molecule has 142 valence electrons. The molecule has 1 aromatic carbocycles. The highest BCUT2D eigenvalue weighted by atomic mass is 32.1. The molecular formula is C20H18N4O3S. The van der Waals surface area contributed by atoms with Crippen LogP contribution in [0.2, 0.25) is 0 Å². The maximum Gasteiger partial charge on any atom is 0.268 e. The van der Waals surface area contributed by atoms with Gasteiger partial charge in [-0.25, -0.2) is 9.97 Å². The summed E-state index contributed by atoms with van der Waals surface area (Å²) in [6, 6.07) is 9.01. The second-order valence-electron chi connectivity index (χ2n) is 6.32. The Morgan fingerprint density at radius 1 is 1.39 bits per heavy atom. The van der Waals surface area contributed by atoms with Crippen LogP contribution in [-0.2, 0) is 4.79 Å². The van der Waals surface area contributed by atoms with Crippen LogP contribution in [0, 0.1) is 11.8 Å². The van der Waals surface area contributed by atoms with Gasteiger partial charge in [0.05, 0.1) is 10.2 Å². The summed E-state index contributed by atoms with van der Waals surface area (Å²) in [5, 5.41) is 14.6. The van der Waals surface area contributed by atoms with Crippen molar-refractivity contribution >= 4 is 33.9 Å². The number of primary amides is 1. The Hall–Kier alpha value is -3.28. The number of nitrogens with zero attached hydrogens (tertiary/aromatic N) is 2. The minimum absolute atomic E-state index is 0.192. The number of aromatic nitrogens is 2. The third-order valence-electron chi connectivity index (χ3n) is 3.97. The molecule has 0 bridgehead atoms. The van der Waals surface area contributed by atoms with Crippen molar-refractivity contribution in [1.82, 2.24) is 15.3 Å². The van der Waals surface area contributed by atoms with E-state index in [1.54, 1.807) is 25.1 Å². The number of amides is 2. The van der Waals surface area contributed by atoms with Crippen molar-refractivity contribution in [1.29, 1.82) is 0 Å². The van der Waals surface area contributed by atoms with Crippen LogP contribution < -0.4 is 11.1 Å². The molecule has 0 saturated heterocycles. The van der Waals surface area contributed by atoms with Crippen molar-refractivity contribution in [3.63, 3.8) is 0 Å². The van der Waals surface area contributed by atoms with Gasteiger partial charge in [-0.1, -0.05) is 24.0 Å². The zero-order valence-corrected chi connectivity index (χ0v) is 15.9. The SMILES string of the molecule is CC(O)(C#Cc1cccc(-c2nc(C(N)=O)c3sccc3n2)c1)CCNC=O. The Morgan fingerprint density at radius 2 is 2.21 bits per heavy atom. The second-order valence-corrected chi connectivity index (χ2v) is 7.24. The Bertz CT molecular complexity index is 1100. The molecule has 0 saturated carbocycles. The van der Waals surface area contributed by atoms with E-state index in [0.29, 0.717) is 46.5 Å². The minimum atomic E-state index is -1.24. The topological polar surface area (TPSA) is 118 Å². The zero-order chi connectivity index (χ0) is 20.1. The number of nitrogens with one attached hydrogen (secondary N) is 1. The van der Waals surface area contributed by atoms with Crippen molar-refractivity contribution in [3.8, 4) is 23.2 Å². The normalized spacial score (nSPS) is 12.6. The fourth-order valence-electron chi connectivity index (χ4n) is 2.54. The third kappa shape index (κ3) is 4.52. The smallest absolute Gasteiger partial charge is 0.268 e. The van der Waals surface area contributed by atoms with Crippen molar-refractivity contribution in [2.24, 2.45) is 5.73 Å². The zero-order valence-electron chi connectivity index (χ0n) is 15.1. The van der Waals surface area contributed by atoms with Crippen LogP contribution in [0.15, 0.2) is 35.7 Å². The van der Waals surface area contributed by atoms with E-state index >= 15 is 0 Å². The lowest BCUT2D eigenvalue weighted by Crippen LogP contribution is -2.27. The summed E-state index contributed by atoms with van der Waals surface area (Å²) in [6.45, 7) is 1.92. The molecule has 2 amide bonds. The Balaban J connectivity index is 1.92. The predicted octanol–water partition coefficient (Wildman–Crippen LogP) is 1.70. The average molecular weight is 394 g/mol. The van der Waals surface area contributed by atoms with Gasteiger partial charge < -0.3 is 16.2 Å². The molecule has 0 fully saturated rings. The number of hydrogen-bond acceptors (Lipinski definition) is 6. The number of carbonyl (C=O) groups is 2. The van der Waals surface area contributed by atoms with E-state index in [2.05, 4.69) is 27.1 Å². The monoisotopic (exact) mass is 394 g/mol. The van der Waals surface area contributed by atoms with Crippen LogP contribution in [0.5, 0.6) is 0 Å². The van der Waals surface area contributed by atoms with Gasteiger partial charge >= 0.3 is 0 Å². The summed E-state index contributed by atoms with van der Waals surface area (Å²) in [6.07, 6.45) is 0.885. The minimum Gasteiger partial charge on any atom is -0.378 e. The number of benzene rings is 1. The van der Waals surface area contributed by atoms with Gasteiger partial charge in [0.25, 0.3) is 5.91 Å². The molecule has 2 aromatic heterocycles. The first-order valence-electron chi connectivity index (χ1n) is 8.48. The number of hydrogen-bond donors (Lipinski definition) is 3. The first kappa shape index (κ1) is 19.5. The highest BCUT2D eigenvalue weighted by molar-refractivity contribution is 7.17. The summed E-state index contributed by atoms with van der Waals surface area (Å²) < 4.78 is 0.659. The van der Waals surface area contributed by atoms with Crippen LogP contribution in [0.1, 0.15) is 29.4 Å². The summed E-state index contributed by atoms with van der Waals surface area (Å²) in [5.41, 5.74) is 6.42. The fraction of sp³-hybridized carbons (Fsp3) is 0.200. The largest absolute Gasteiger partial charge is 0.378 e. The van der Waals surface area contributed by atoms with E-state index in [9.17, 15) is 14.7 Å². The molecule has 28 heavy (non-hydrogen) atoms. The molecule has 1 atom stereocenters. The molecule has 3 aromatic rings. The molecule has 0 aliphatic rings. The van der Waals surface area contributed by atoms with E-state index in [4.69, 9.17) is 5.73 Å². The van der Waals surface area contributed by atoms with Gasteiger partial charge in [-0.15, -0.1) is 11.3 Å². The Kier molecular flexibility index (Phi) is 5.68. The standard InChI is InChI=1S/C20H18N4O3S/c1-20(27,8-9-22-12-25)7-5-13-3-2-4-14(11-13)19-23-15-6-10-28-17(15)16(24-19)18(21)26/h2-4,6,10-12,27H,8-9H2,1H3,(H2,21,26)(H,22,25). The van der Waals surface area contributed by atoms with Crippen LogP contribution in [-0.4, -0.2) is 39.5 Å². The van der Waals surface area contributed by atoms with Crippen molar-refractivity contribution in [2.75, 3.05) is 6.54 Å². The molecule has 0 aliphatic heterocycles. The maximum atomic E-state index is 11.7. The number of fused-ring (bicyclic) bond motifs is 1. The molecule has 1 unspecified atom stereocenters. The molecule has 8 heteroatoms. The number of carbonyl (C=O) groups excluding carboxylic acids is 2. The van der Waals surface area contributed by atoms with E-state index in [0.717, 1.165) is 0 Å². The third-order valence-corrected chi connectivity index (χ3v) is 4.88. The van der Waals surface area contributed by atoms with E-state index in [-0.39, 0.29) is 5.69 Å². The lowest BCUT2D eigenvalue weighted by molar-refractivity contribution is -0.109. The number of aliphatic hydroxyl groups is 1. The van der Waals surface area contributed by atoms with Gasteiger partial charge in [0.15, 0.2) is 5.82 Å². The van der Waals surface area contributed by atoms with Crippen molar-refractivity contribution in [2.45, 2.75) is 18.9 Å². The molecule has 2 heterocycles. The first-order valence-corrected chi connectivity index (χ1v) is 9.36. The molecule has 4 N–H and O–H groups in total. The highest BCUT2D eigenvalue weighted by Crippen LogP contribution is 2.26. The van der Waals surface area contributed by atoms with Crippen molar-refractivity contribution in [3.05, 3.63) is 47.0 Å². The summed E-state index contributed by atoms with van der Waals surface area (Å²) in [4.78, 5) is 30.9. The number of thiophene rings is 1. The second kappa shape index (κ2) is 8.17. The highest BCUT2D eigenvalue weighted by Gasteiger charge is 2.16. The molecular weight excluding hydrogens is 376 g/mol. The van der Waals surface area contributed by atoms with E-state index in [1.807, 2.05) is 17.5 Å². The van der Waals surface area contributed by atoms with Crippen molar-refractivity contribution < 1.29 is 14.7 Å². The van der Waals surface area contributed by atoms with Gasteiger partial charge in [-0.2, -0.15) is 0 Å². The molecule has 0 radical (unpaired) electrons. The van der Waals surface area contributed by atoms with Crippen LogP contribution in [0.4, 0.5) is 0 Å². The van der Waals surface area contributed by atoms with Gasteiger partial charge in [0, 0.05) is 24.1 Å². The fourth-order valence-corrected chi connectivity index (χ4v) is 3.36. The maximum absolute atomic E-state index is 11.7. The van der Waals surface area contributed by atoms with Crippen LogP contribution in [0.25, 0.3) is 21.6 Å². The molecule has 0 spiro atoms. The Labute approximate surface area is 165 Å². The average Bonchev–Trinajstić information content (AvgIpc) is 3.14. The van der Waals surface area contributed by atoms with Crippen LogP contribution in [0.3, 0.4) is 0 Å². The number of nitrogens with two attached hydrogens (primary N) is 1. The molecule has 3 rings (SSSR count). The summed E-state index contributed by atoms with van der Waals surface area (Å²) >= 11 is 1.37. The van der Waals surface area contributed by atoms with E-state index < -0.39 is 11.5 Å². The van der Waals surface area contributed by atoms with Gasteiger partial charge in [0.1, 0.15) is 11.3 Å². The first-order chi connectivity index (χ1) is 13.4. The molecule has 0 aliphatic carbocycles. The van der Waals surface area contributed by atoms with Gasteiger partial charge in [0.2, 0.25) is 6.41 Å². The van der Waals surface area contributed by atoms with E-state index in [1.165, 1.54) is 11.3 Å². The summed E-state index contributed by atoms with van der Waals surface area (Å²) in [7, 11) is 0.